The van der Waals surface area contributed by atoms with Gasteiger partial charge in [-0.05, 0) is 31.6 Å². The van der Waals surface area contributed by atoms with E-state index >= 15 is 0 Å². The van der Waals surface area contributed by atoms with Crippen LogP contribution >= 0.6 is 11.3 Å². The molecule has 2 heterocycles. The van der Waals surface area contributed by atoms with E-state index in [-0.39, 0.29) is 21.7 Å². The number of thiophene rings is 1. The van der Waals surface area contributed by atoms with Gasteiger partial charge in [0, 0.05) is 32.0 Å². The average Bonchev–Trinajstić information content (AvgIpc) is 3.26. The Morgan fingerprint density at radius 1 is 1.44 bits per heavy atom. The second kappa shape index (κ2) is 6.91. The molecule has 2 aliphatic rings. The molecule has 2 fully saturated rings. The van der Waals surface area contributed by atoms with Gasteiger partial charge in [-0.15, -0.1) is 0 Å². The third kappa shape index (κ3) is 4.30. The minimum atomic E-state index is -3.51. The number of nitro groups is 1. The van der Waals surface area contributed by atoms with Gasteiger partial charge in [-0.1, -0.05) is 11.3 Å². The highest BCUT2D eigenvalue weighted by atomic mass is 32.2. The summed E-state index contributed by atoms with van der Waals surface area (Å²) < 4.78 is 23.5. The molecule has 1 aliphatic heterocycles. The molecule has 0 radical (unpaired) electrons. The molecule has 25 heavy (non-hydrogen) atoms. The van der Waals surface area contributed by atoms with E-state index in [1.165, 1.54) is 0 Å². The molecule has 1 atom stereocenters. The van der Waals surface area contributed by atoms with Crippen molar-refractivity contribution in [1.29, 1.82) is 0 Å². The molecule has 1 aliphatic carbocycles. The van der Waals surface area contributed by atoms with Crippen LogP contribution in [-0.4, -0.2) is 45.1 Å². The highest BCUT2D eigenvalue weighted by Gasteiger charge is 2.33. The molecule has 0 bridgehead atoms. The summed E-state index contributed by atoms with van der Waals surface area (Å²) in [7, 11) is -3.51. The summed E-state index contributed by atoms with van der Waals surface area (Å²) in [6.07, 6.45) is 4.84. The van der Waals surface area contributed by atoms with Gasteiger partial charge < -0.3 is 10.2 Å². The van der Waals surface area contributed by atoms with Crippen molar-refractivity contribution in [2.75, 3.05) is 30.8 Å². The Morgan fingerprint density at radius 3 is 2.76 bits per heavy atom. The van der Waals surface area contributed by atoms with Gasteiger partial charge in [0.15, 0.2) is 14.8 Å². The van der Waals surface area contributed by atoms with Crippen LogP contribution in [0.1, 0.15) is 25.7 Å². The zero-order valence-corrected chi connectivity index (χ0v) is 15.6. The fraction of sp³-hybridized carbons (Fsp3) is 0.667. The van der Waals surface area contributed by atoms with Gasteiger partial charge in [-0.25, -0.2) is 8.42 Å². The van der Waals surface area contributed by atoms with Crippen LogP contribution in [0.2, 0.25) is 0 Å². The van der Waals surface area contributed by atoms with Crippen molar-refractivity contribution in [3.63, 3.8) is 0 Å². The largest absolute Gasteiger partial charge is 0.357 e. The number of anilines is 1. The summed E-state index contributed by atoms with van der Waals surface area (Å²) in [4.78, 5) is 24.9. The Kier molecular flexibility index (Phi) is 5.01. The fourth-order valence-corrected chi connectivity index (χ4v) is 5.04. The first-order valence-electron chi connectivity index (χ1n) is 8.26. The van der Waals surface area contributed by atoms with Crippen LogP contribution in [0, 0.1) is 22.0 Å². The number of carbonyl (C=O) groups excluding carboxylic acids is 1. The van der Waals surface area contributed by atoms with E-state index in [0.717, 1.165) is 49.3 Å². The lowest BCUT2D eigenvalue weighted by Crippen LogP contribution is -2.43. The molecule has 1 amide bonds. The van der Waals surface area contributed by atoms with Crippen LogP contribution in [0.25, 0.3) is 0 Å². The van der Waals surface area contributed by atoms with Gasteiger partial charge >= 0.3 is 5.69 Å². The van der Waals surface area contributed by atoms with Gasteiger partial charge in [0.1, 0.15) is 4.21 Å². The van der Waals surface area contributed by atoms with E-state index in [1.54, 1.807) is 4.90 Å². The molecule has 1 aromatic rings. The first-order chi connectivity index (χ1) is 11.8. The molecule has 1 unspecified atom stereocenters. The van der Waals surface area contributed by atoms with E-state index in [9.17, 15) is 23.3 Å². The maximum absolute atomic E-state index is 12.3. The second-order valence-electron chi connectivity index (χ2n) is 6.76. The Hall–Kier alpha value is -1.68. The van der Waals surface area contributed by atoms with Crippen molar-refractivity contribution in [2.45, 2.75) is 29.9 Å². The van der Waals surface area contributed by atoms with E-state index in [1.807, 2.05) is 0 Å². The molecule has 138 valence electrons. The lowest BCUT2D eigenvalue weighted by atomic mass is 9.97. The lowest BCUT2D eigenvalue weighted by molar-refractivity contribution is -0.383. The number of piperidine rings is 1. The van der Waals surface area contributed by atoms with E-state index in [0.29, 0.717) is 30.6 Å². The van der Waals surface area contributed by atoms with Crippen LogP contribution in [0.4, 0.5) is 10.7 Å². The van der Waals surface area contributed by atoms with Crippen molar-refractivity contribution in [1.82, 2.24) is 5.32 Å². The van der Waals surface area contributed by atoms with Crippen LogP contribution in [0.3, 0.4) is 0 Å². The number of nitrogens with one attached hydrogen (secondary N) is 1. The summed E-state index contributed by atoms with van der Waals surface area (Å²) >= 11 is 0.908. The van der Waals surface area contributed by atoms with E-state index in [2.05, 4.69) is 5.32 Å². The van der Waals surface area contributed by atoms with Crippen LogP contribution in [0.5, 0.6) is 0 Å². The summed E-state index contributed by atoms with van der Waals surface area (Å²) in [6, 6.07) is 1.12. The van der Waals surface area contributed by atoms with Crippen molar-refractivity contribution < 1.29 is 18.1 Å². The first kappa shape index (κ1) is 18.1. The Morgan fingerprint density at radius 2 is 2.16 bits per heavy atom. The highest BCUT2D eigenvalue weighted by Crippen LogP contribution is 2.41. The number of hydrogen-bond acceptors (Lipinski definition) is 7. The minimum absolute atomic E-state index is 0.0147. The van der Waals surface area contributed by atoms with E-state index < -0.39 is 14.8 Å². The smallest absolute Gasteiger partial charge is 0.305 e. The molecular weight excluding hydrogens is 366 g/mol. The van der Waals surface area contributed by atoms with Crippen LogP contribution in [0.15, 0.2) is 10.3 Å². The molecule has 0 aromatic carbocycles. The first-order valence-corrected chi connectivity index (χ1v) is 11.0. The number of nitrogens with zero attached hydrogens (tertiary/aromatic N) is 2. The van der Waals surface area contributed by atoms with Crippen molar-refractivity contribution in [3.05, 3.63) is 16.2 Å². The second-order valence-corrected chi connectivity index (χ2v) is 10.0. The molecular formula is C15H21N3O5S2. The monoisotopic (exact) mass is 387 g/mol. The molecule has 1 saturated carbocycles. The SMILES string of the molecule is CS(=O)(=O)c1cc([N+](=O)[O-])c(N2CCCC(C(=O)NCC3CC3)C2)s1. The van der Waals surface area contributed by atoms with Gasteiger partial charge in [-0.3, -0.25) is 14.9 Å². The quantitative estimate of drug-likeness (QED) is 0.589. The zero-order valence-electron chi connectivity index (χ0n) is 13.9. The maximum Gasteiger partial charge on any atom is 0.305 e. The van der Waals surface area contributed by atoms with Crippen molar-refractivity contribution in [3.8, 4) is 0 Å². The molecule has 1 aromatic heterocycles. The molecule has 1 saturated heterocycles. The topological polar surface area (TPSA) is 110 Å². The van der Waals surface area contributed by atoms with Crippen molar-refractivity contribution in [2.24, 2.45) is 11.8 Å². The molecule has 10 heteroatoms. The Balaban J connectivity index is 1.77. The summed E-state index contributed by atoms with van der Waals surface area (Å²) in [5.41, 5.74) is -0.204. The number of carbonyl (C=O) groups is 1. The van der Waals surface area contributed by atoms with Gasteiger partial charge in [-0.2, -0.15) is 0 Å². The lowest BCUT2D eigenvalue weighted by Gasteiger charge is -2.32. The minimum Gasteiger partial charge on any atom is -0.357 e. The van der Waals surface area contributed by atoms with E-state index in [4.69, 9.17) is 0 Å². The van der Waals surface area contributed by atoms with Crippen LogP contribution in [-0.2, 0) is 14.6 Å². The summed E-state index contributed by atoms with van der Waals surface area (Å²) in [5.74, 6) is 0.356. The number of sulfone groups is 1. The Labute approximate surface area is 150 Å². The number of rotatable bonds is 6. The molecule has 1 N–H and O–H groups in total. The fourth-order valence-electron chi connectivity index (χ4n) is 2.98. The molecule has 3 rings (SSSR count). The highest BCUT2D eigenvalue weighted by molar-refractivity contribution is 7.92. The standard InChI is InChI=1S/C15H21N3O5S2/c1-25(22,23)13-7-12(18(20)21)15(24-13)17-6-2-3-11(9-17)14(19)16-8-10-4-5-10/h7,10-11H,2-6,8-9H2,1H3,(H,16,19). The Bertz CT molecular complexity index is 785. The maximum atomic E-state index is 12.3. The summed E-state index contributed by atoms with van der Waals surface area (Å²) in [5, 5.41) is 14.6. The average molecular weight is 387 g/mol. The predicted molar refractivity (Wildman–Crippen MR) is 94.8 cm³/mol. The van der Waals surface area contributed by atoms with Crippen molar-refractivity contribution >= 4 is 37.8 Å². The van der Waals surface area contributed by atoms with Gasteiger partial charge in [0.2, 0.25) is 5.91 Å². The zero-order chi connectivity index (χ0) is 18.2. The third-order valence-corrected chi connectivity index (χ3v) is 7.56. The molecule has 8 nitrogen and oxygen atoms in total. The normalized spacial score (nSPS) is 21.2. The number of amides is 1. The third-order valence-electron chi connectivity index (χ3n) is 4.57. The van der Waals surface area contributed by atoms with Gasteiger partial charge in [0.05, 0.1) is 10.8 Å². The number of hydrogen-bond donors (Lipinski definition) is 1. The predicted octanol–water partition coefficient (Wildman–Crippen LogP) is 1.80. The summed E-state index contributed by atoms with van der Waals surface area (Å²) in [6.45, 7) is 1.66. The van der Waals surface area contributed by atoms with Gasteiger partial charge in [0.25, 0.3) is 0 Å². The molecule has 0 spiro atoms. The van der Waals surface area contributed by atoms with Crippen LogP contribution < -0.4 is 10.2 Å².